The molecule has 0 unspecified atom stereocenters. The Bertz CT molecular complexity index is 473. The zero-order chi connectivity index (χ0) is 15.6. The fourth-order valence-corrected chi connectivity index (χ4v) is 24.1. The van der Waals surface area contributed by atoms with E-state index in [1.54, 1.807) is 17.8 Å². The van der Waals surface area contributed by atoms with Crippen LogP contribution >= 0.6 is 0 Å². The van der Waals surface area contributed by atoms with E-state index in [1.165, 1.54) is 12.8 Å². The molecule has 0 aromatic rings. The molecule has 2 aliphatic rings. The van der Waals surface area contributed by atoms with E-state index in [-0.39, 0.29) is 0 Å². The normalized spacial score (nSPS) is 19.0. The number of hydrogen-bond acceptors (Lipinski definition) is 2. The Hall–Kier alpha value is -0.250. The topological polar surface area (TPSA) is 6.48 Å². The van der Waals surface area contributed by atoms with Crippen LogP contribution in [0.5, 0.6) is 0 Å². The van der Waals surface area contributed by atoms with Gasteiger partial charge in [-0.15, -0.1) is 0 Å². The summed E-state index contributed by atoms with van der Waals surface area (Å²) < 4.78 is 8.82. The van der Waals surface area contributed by atoms with E-state index in [1.807, 2.05) is 0 Å². The third-order valence-electron chi connectivity index (χ3n) is 4.96. The molecule has 0 radical (unpaired) electrons. The van der Waals surface area contributed by atoms with Gasteiger partial charge in [0.05, 0.1) is 0 Å². The monoisotopic (exact) mass is 454 g/mol. The molecule has 3 heteroatoms. The summed E-state index contributed by atoms with van der Waals surface area (Å²) in [5.41, 5.74) is 3.21. The van der Waals surface area contributed by atoms with Crippen LogP contribution in [0.15, 0.2) is 42.1 Å². The van der Waals surface area contributed by atoms with Gasteiger partial charge in [-0.2, -0.15) is 0 Å². The maximum absolute atomic E-state index is 3.07. The van der Waals surface area contributed by atoms with Crippen molar-refractivity contribution in [2.45, 2.75) is 39.5 Å². The Balaban J connectivity index is 2.67. The number of allylic oxidation sites excluding steroid dienone is 8. The summed E-state index contributed by atoms with van der Waals surface area (Å²) >= 11 is -3.07. The van der Waals surface area contributed by atoms with Gasteiger partial charge in [0, 0.05) is 0 Å². The zero-order valence-electron chi connectivity index (χ0n) is 14.5. The number of rotatable bonds is 6. The summed E-state index contributed by atoms with van der Waals surface area (Å²) in [5.74, 6) is 0. The molecule has 0 bridgehead atoms. The molecule has 2 rings (SSSR count). The molecule has 0 fully saturated rings. The van der Waals surface area contributed by atoms with Crippen molar-refractivity contribution < 1.29 is 20.5 Å². The number of nitrogens with zero attached hydrogens (tertiary/aromatic N) is 2. The van der Waals surface area contributed by atoms with E-state index in [0.717, 1.165) is 12.8 Å². The van der Waals surface area contributed by atoms with Crippen LogP contribution in [0.2, 0.25) is 0 Å². The van der Waals surface area contributed by atoms with Crippen molar-refractivity contribution in [1.82, 2.24) is 5.78 Å². The molecule has 0 saturated heterocycles. The SMILES string of the molecule is CCC1=[C]([Hf]([C]2=C(CC)C=CC2)([N](C)C)[N](C)C)CC=C1. The summed E-state index contributed by atoms with van der Waals surface area (Å²) in [6.07, 6.45) is 14.2. The first-order valence-electron chi connectivity index (χ1n) is 8.13. The van der Waals surface area contributed by atoms with E-state index in [2.05, 4.69) is 72.1 Å². The van der Waals surface area contributed by atoms with Gasteiger partial charge in [-0.3, -0.25) is 0 Å². The Kier molecular flexibility index (Phi) is 5.61. The van der Waals surface area contributed by atoms with E-state index >= 15 is 0 Å². The van der Waals surface area contributed by atoms with E-state index < -0.39 is 20.5 Å². The summed E-state index contributed by atoms with van der Waals surface area (Å²) in [7, 11) is 9.27. The average molecular weight is 453 g/mol. The van der Waals surface area contributed by atoms with Gasteiger partial charge < -0.3 is 0 Å². The van der Waals surface area contributed by atoms with E-state index in [9.17, 15) is 0 Å². The predicted octanol–water partition coefficient (Wildman–Crippen LogP) is 4.34. The molecule has 0 heterocycles. The van der Waals surface area contributed by atoms with Crippen molar-refractivity contribution in [2.24, 2.45) is 0 Å². The molecule has 0 saturated carbocycles. The molecule has 2 aliphatic carbocycles. The first-order chi connectivity index (χ1) is 9.99. The molecule has 0 aliphatic heterocycles. The van der Waals surface area contributed by atoms with Crippen molar-refractivity contribution >= 4 is 0 Å². The second kappa shape index (κ2) is 6.89. The van der Waals surface area contributed by atoms with Gasteiger partial charge in [0.25, 0.3) is 0 Å². The molecule has 0 atom stereocenters. The standard InChI is InChI=1S/2C7H9.2C2H6N.Hf/c2*1-2-7-5-3-4-6-7;2*1-3-2;/h2*3,5H,2,4H2,1H3;2*1-2H3;/q;;2*-1;+2. The van der Waals surface area contributed by atoms with Gasteiger partial charge in [0.1, 0.15) is 0 Å². The van der Waals surface area contributed by atoms with Crippen LogP contribution in [-0.4, -0.2) is 34.0 Å². The van der Waals surface area contributed by atoms with Gasteiger partial charge in [0.15, 0.2) is 0 Å². The van der Waals surface area contributed by atoms with Gasteiger partial charge in [-0.05, 0) is 0 Å². The Morgan fingerprint density at radius 2 is 1.19 bits per heavy atom. The van der Waals surface area contributed by atoms with Crippen LogP contribution in [0, 0.1) is 0 Å². The fraction of sp³-hybridized carbons (Fsp3) is 0.556. The third-order valence-corrected chi connectivity index (χ3v) is 24.1. The second-order valence-electron chi connectivity index (χ2n) is 6.39. The second-order valence-corrected chi connectivity index (χ2v) is 22.0. The molecule has 0 aromatic carbocycles. The zero-order valence-corrected chi connectivity index (χ0v) is 18.1. The molecule has 116 valence electrons. The Morgan fingerprint density at radius 1 is 0.810 bits per heavy atom. The van der Waals surface area contributed by atoms with Crippen molar-refractivity contribution in [1.29, 1.82) is 0 Å². The summed E-state index contributed by atoms with van der Waals surface area (Å²) in [4.78, 5) is 0. The predicted molar refractivity (Wildman–Crippen MR) is 89.5 cm³/mol. The summed E-state index contributed by atoms with van der Waals surface area (Å²) in [6.45, 7) is 4.61. The summed E-state index contributed by atoms with van der Waals surface area (Å²) in [6, 6.07) is 0. The molecule has 2 nitrogen and oxygen atoms in total. The van der Waals surface area contributed by atoms with Crippen molar-refractivity contribution in [3.8, 4) is 0 Å². The minimum atomic E-state index is -3.07. The molecule has 0 N–H and O–H groups in total. The van der Waals surface area contributed by atoms with Gasteiger partial charge in [-0.25, -0.2) is 0 Å². The van der Waals surface area contributed by atoms with Gasteiger partial charge in [-0.1, -0.05) is 0 Å². The Morgan fingerprint density at radius 3 is 1.48 bits per heavy atom. The quantitative estimate of drug-likeness (QED) is 0.553. The molecule has 0 amide bonds. The van der Waals surface area contributed by atoms with Crippen molar-refractivity contribution in [3.63, 3.8) is 0 Å². The van der Waals surface area contributed by atoms with Crippen molar-refractivity contribution in [3.05, 3.63) is 42.1 Å². The first-order valence-corrected chi connectivity index (χ1v) is 14.9. The average Bonchev–Trinajstić information content (AvgIpc) is 3.08. The van der Waals surface area contributed by atoms with Crippen LogP contribution in [0.25, 0.3) is 0 Å². The molecule has 0 spiro atoms. The van der Waals surface area contributed by atoms with Crippen LogP contribution in [-0.2, 0) is 20.5 Å². The van der Waals surface area contributed by atoms with E-state index in [0.29, 0.717) is 0 Å². The van der Waals surface area contributed by atoms with Crippen LogP contribution in [0.4, 0.5) is 0 Å². The van der Waals surface area contributed by atoms with Gasteiger partial charge >= 0.3 is 136 Å². The van der Waals surface area contributed by atoms with Crippen LogP contribution in [0.3, 0.4) is 0 Å². The fourth-order valence-electron chi connectivity index (χ4n) is 4.16. The molecule has 0 aromatic heterocycles. The summed E-state index contributed by atoms with van der Waals surface area (Å²) in [5, 5.41) is 0. The first kappa shape index (κ1) is 17.1. The van der Waals surface area contributed by atoms with E-state index in [4.69, 9.17) is 0 Å². The molecular formula is C18H30HfN2. The minimum absolute atomic E-state index is 1.16. The van der Waals surface area contributed by atoms with Crippen LogP contribution < -0.4 is 0 Å². The molecular weight excluding hydrogens is 423 g/mol. The Labute approximate surface area is 136 Å². The number of hydrogen-bond donors (Lipinski definition) is 0. The molecule has 21 heavy (non-hydrogen) atoms. The van der Waals surface area contributed by atoms with Crippen LogP contribution in [0.1, 0.15) is 39.5 Å². The van der Waals surface area contributed by atoms with Gasteiger partial charge in [0.2, 0.25) is 0 Å². The third kappa shape index (κ3) is 2.73. The maximum atomic E-state index is 2.63. The van der Waals surface area contributed by atoms with Crippen molar-refractivity contribution in [2.75, 3.05) is 28.2 Å².